The molecule has 112 valence electrons. The molecule has 0 fully saturated rings. The van der Waals surface area contributed by atoms with Crippen molar-refractivity contribution in [1.82, 2.24) is 0 Å². The Hall–Kier alpha value is -1.31. The number of benzene rings is 1. The number of rotatable bonds is 5. The fraction of sp³-hybridized carbons (Fsp3) is 0.611. The van der Waals surface area contributed by atoms with Crippen LogP contribution in [0.25, 0.3) is 0 Å². The first-order valence-electron chi connectivity index (χ1n) is 7.32. The van der Waals surface area contributed by atoms with E-state index < -0.39 is 0 Å². The third-order valence-corrected chi connectivity index (χ3v) is 3.54. The van der Waals surface area contributed by atoms with E-state index in [4.69, 9.17) is 4.74 Å². The molecular weight excluding hydrogens is 248 g/mol. The summed E-state index contributed by atoms with van der Waals surface area (Å²) < 4.78 is 5.30. The smallest absolute Gasteiger partial charge is 0.163 e. The fourth-order valence-electron chi connectivity index (χ4n) is 2.85. The average molecular weight is 276 g/mol. The van der Waals surface area contributed by atoms with E-state index in [-0.39, 0.29) is 11.2 Å². The molecule has 2 nitrogen and oxygen atoms in total. The van der Waals surface area contributed by atoms with E-state index in [1.807, 2.05) is 26.0 Å². The highest BCUT2D eigenvalue weighted by Crippen LogP contribution is 2.28. The quantitative estimate of drug-likeness (QED) is 0.711. The van der Waals surface area contributed by atoms with Gasteiger partial charge in [-0.2, -0.15) is 0 Å². The van der Waals surface area contributed by atoms with Crippen LogP contribution in [0.2, 0.25) is 0 Å². The summed E-state index contributed by atoms with van der Waals surface area (Å²) in [5.74, 6) is 1.50. The van der Waals surface area contributed by atoms with Gasteiger partial charge in [-0.1, -0.05) is 27.7 Å². The fourth-order valence-corrected chi connectivity index (χ4v) is 2.85. The average Bonchev–Trinajstić information content (AvgIpc) is 2.28. The van der Waals surface area contributed by atoms with Crippen molar-refractivity contribution in [3.05, 3.63) is 28.8 Å². The molecule has 2 heteroatoms. The number of hydrogen-bond acceptors (Lipinski definition) is 2. The Morgan fingerprint density at radius 3 is 2.30 bits per heavy atom. The van der Waals surface area contributed by atoms with Gasteiger partial charge in [-0.25, -0.2) is 0 Å². The summed E-state index contributed by atoms with van der Waals surface area (Å²) in [7, 11) is 1.66. The molecule has 0 amide bonds. The van der Waals surface area contributed by atoms with Gasteiger partial charge in [0.1, 0.15) is 5.75 Å². The zero-order valence-electron chi connectivity index (χ0n) is 14.0. The largest absolute Gasteiger partial charge is 0.496 e. The van der Waals surface area contributed by atoms with Gasteiger partial charge in [0.2, 0.25) is 0 Å². The molecule has 1 unspecified atom stereocenters. The van der Waals surface area contributed by atoms with Gasteiger partial charge in [-0.3, -0.25) is 4.79 Å². The molecule has 0 spiro atoms. The molecule has 1 aromatic carbocycles. The predicted molar refractivity (Wildman–Crippen MR) is 84.7 cm³/mol. The minimum atomic E-state index is 0.241. The lowest BCUT2D eigenvalue weighted by Gasteiger charge is -2.23. The van der Waals surface area contributed by atoms with Crippen LogP contribution in [-0.4, -0.2) is 12.9 Å². The van der Waals surface area contributed by atoms with Crippen molar-refractivity contribution < 1.29 is 9.53 Å². The summed E-state index contributed by atoms with van der Waals surface area (Å²) in [5.41, 5.74) is 3.12. The Morgan fingerprint density at radius 2 is 1.80 bits per heavy atom. The molecule has 0 aromatic heterocycles. The molecule has 0 saturated heterocycles. The first-order chi connectivity index (χ1) is 9.14. The highest BCUT2D eigenvalue weighted by molar-refractivity contribution is 5.98. The Kier molecular flexibility index (Phi) is 5.38. The number of methoxy groups -OCH3 is 1. The molecule has 0 saturated carbocycles. The SMILES string of the molecule is COc1cc(C)c(C(=O)CC(C)CC(C)(C)C)cc1C. The molecule has 0 aliphatic carbocycles. The van der Waals surface area contributed by atoms with Crippen molar-refractivity contribution in [2.75, 3.05) is 7.11 Å². The van der Waals surface area contributed by atoms with Crippen LogP contribution in [0, 0.1) is 25.2 Å². The van der Waals surface area contributed by atoms with E-state index in [0.717, 1.165) is 28.9 Å². The van der Waals surface area contributed by atoms with E-state index in [0.29, 0.717) is 12.3 Å². The van der Waals surface area contributed by atoms with Gasteiger partial charge >= 0.3 is 0 Å². The highest BCUT2D eigenvalue weighted by atomic mass is 16.5. The standard InChI is InChI=1S/C18H28O2/c1-12(11-18(4,5)6)8-16(19)15-9-14(3)17(20-7)10-13(15)2/h9-10,12H,8,11H2,1-7H3. The summed E-state index contributed by atoms with van der Waals surface area (Å²) in [6.07, 6.45) is 1.68. The maximum atomic E-state index is 12.5. The molecule has 0 N–H and O–H groups in total. The molecule has 0 aliphatic rings. The number of aryl methyl sites for hydroxylation is 2. The van der Waals surface area contributed by atoms with E-state index >= 15 is 0 Å². The molecule has 0 heterocycles. The highest BCUT2D eigenvalue weighted by Gasteiger charge is 2.20. The third kappa shape index (κ3) is 4.66. The Morgan fingerprint density at radius 1 is 1.20 bits per heavy atom. The van der Waals surface area contributed by atoms with Crippen molar-refractivity contribution in [3.63, 3.8) is 0 Å². The van der Waals surface area contributed by atoms with Crippen LogP contribution < -0.4 is 4.74 Å². The third-order valence-electron chi connectivity index (χ3n) is 3.54. The van der Waals surface area contributed by atoms with Crippen molar-refractivity contribution in [3.8, 4) is 5.75 Å². The predicted octanol–water partition coefficient (Wildman–Crippen LogP) is 4.96. The van der Waals surface area contributed by atoms with Gasteiger partial charge in [0.15, 0.2) is 5.78 Å². The normalized spacial score (nSPS) is 13.2. The zero-order chi connectivity index (χ0) is 15.5. The Balaban J connectivity index is 2.85. The molecule has 0 radical (unpaired) electrons. The summed E-state index contributed by atoms with van der Waals surface area (Å²) >= 11 is 0. The van der Waals surface area contributed by atoms with Crippen molar-refractivity contribution in [1.29, 1.82) is 0 Å². The topological polar surface area (TPSA) is 26.3 Å². The van der Waals surface area contributed by atoms with E-state index in [1.165, 1.54) is 0 Å². The molecule has 20 heavy (non-hydrogen) atoms. The molecule has 1 atom stereocenters. The van der Waals surface area contributed by atoms with Crippen molar-refractivity contribution in [2.24, 2.45) is 11.3 Å². The van der Waals surface area contributed by atoms with E-state index in [9.17, 15) is 4.79 Å². The monoisotopic (exact) mass is 276 g/mol. The number of carbonyl (C=O) groups is 1. The number of carbonyl (C=O) groups excluding carboxylic acids is 1. The minimum Gasteiger partial charge on any atom is -0.496 e. The number of hydrogen-bond donors (Lipinski definition) is 0. The lowest BCUT2D eigenvalue weighted by Crippen LogP contribution is -2.15. The van der Waals surface area contributed by atoms with Crippen molar-refractivity contribution in [2.45, 2.75) is 54.4 Å². The van der Waals surface area contributed by atoms with Crippen LogP contribution in [0.5, 0.6) is 5.75 Å². The second kappa shape index (κ2) is 6.43. The molecule has 1 rings (SSSR count). The van der Waals surface area contributed by atoms with Gasteiger partial charge in [0, 0.05) is 12.0 Å². The van der Waals surface area contributed by atoms with Crippen molar-refractivity contribution >= 4 is 5.78 Å². The summed E-state index contributed by atoms with van der Waals surface area (Å²) in [5, 5.41) is 0. The van der Waals surface area contributed by atoms with Crippen LogP contribution in [-0.2, 0) is 0 Å². The maximum absolute atomic E-state index is 12.5. The van der Waals surface area contributed by atoms with Gasteiger partial charge in [0.25, 0.3) is 0 Å². The lowest BCUT2D eigenvalue weighted by molar-refractivity contribution is 0.0953. The van der Waals surface area contributed by atoms with Crippen LogP contribution in [0.15, 0.2) is 12.1 Å². The Labute approximate surface area is 123 Å². The maximum Gasteiger partial charge on any atom is 0.163 e. The summed E-state index contributed by atoms with van der Waals surface area (Å²) in [4.78, 5) is 12.5. The Bertz CT molecular complexity index is 481. The van der Waals surface area contributed by atoms with Gasteiger partial charge in [-0.05, 0) is 54.9 Å². The molecular formula is C18H28O2. The van der Waals surface area contributed by atoms with Crippen LogP contribution >= 0.6 is 0 Å². The second-order valence-electron chi connectivity index (χ2n) is 7.13. The molecule has 0 bridgehead atoms. The van der Waals surface area contributed by atoms with Crippen LogP contribution in [0.4, 0.5) is 0 Å². The number of ketones is 1. The first kappa shape index (κ1) is 16.7. The van der Waals surface area contributed by atoms with Gasteiger partial charge in [-0.15, -0.1) is 0 Å². The zero-order valence-corrected chi connectivity index (χ0v) is 14.0. The van der Waals surface area contributed by atoms with Gasteiger partial charge < -0.3 is 4.74 Å². The van der Waals surface area contributed by atoms with E-state index in [2.05, 4.69) is 27.7 Å². The molecule has 0 aliphatic heterocycles. The summed E-state index contributed by atoms with van der Waals surface area (Å²) in [6, 6.07) is 3.91. The first-order valence-corrected chi connectivity index (χ1v) is 7.32. The van der Waals surface area contributed by atoms with Crippen LogP contribution in [0.1, 0.15) is 62.0 Å². The minimum absolute atomic E-state index is 0.241. The molecule has 1 aromatic rings. The van der Waals surface area contributed by atoms with Crippen LogP contribution in [0.3, 0.4) is 0 Å². The van der Waals surface area contributed by atoms with E-state index in [1.54, 1.807) is 7.11 Å². The lowest BCUT2D eigenvalue weighted by atomic mass is 9.82. The van der Waals surface area contributed by atoms with Gasteiger partial charge in [0.05, 0.1) is 7.11 Å². The second-order valence-corrected chi connectivity index (χ2v) is 7.13. The number of Topliss-reactive ketones (excluding diaryl/α,β-unsaturated/α-hetero) is 1. The summed E-state index contributed by atoms with van der Waals surface area (Å²) in [6.45, 7) is 12.8. The number of ether oxygens (including phenoxy) is 1.